The molecule has 0 atom stereocenters. The van der Waals surface area contributed by atoms with Crippen molar-refractivity contribution in [3.8, 4) is 0 Å². The highest BCUT2D eigenvalue weighted by Crippen LogP contribution is 2.16. The Bertz CT molecular complexity index is 1050. The first-order valence-corrected chi connectivity index (χ1v) is 8.43. The van der Waals surface area contributed by atoms with E-state index in [1.165, 1.54) is 30.6 Å². The number of hydrazine groups is 1. The van der Waals surface area contributed by atoms with Gasteiger partial charge in [0.1, 0.15) is 0 Å². The number of amides is 2. The monoisotopic (exact) mass is 399 g/mol. The summed E-state index contributed by atoms with van der Waals surface area (Å²) < 4.78 is 1.54. The van der Waals surface area contributed by atoms with Crippen LogP contribution in [-0.4, -0.2) is 26.5 Å². The van der Waals surface area contributed by atoms with E-state index in [1.807, 2.05) is 18.2 Å². The fourth-order valence-corrected chi connectivity index (χ4v) is 2.58. The van der Waals surface area contributed by atoms with E-state index in [1.54, 1.807) is 10.7 Å². The van der Waals surface area contributed by atoms with Gasteiger partial charge >= 0.3 is 0 Å². The Morgan fingerprint density at radius 2 is 1.79 bits per heavy atom. The molecule has 2 aromatic carbocycles. The van der Waals surface area contributed by atoms with Gasteiger partial charge in [-0.15, -0.1) is 0 Å². The summed E-state index contributed by atoms with van der Waals surface area (Å²) in [6.07, 6.45) is 2.86. The molecule has 3 rings (SSSR count). The van der Waals surface area contributed by atoms with Crippen LogP contribution < -0.4 is 10.9 Å². The van der Waals surface area contributed by atoms with E-state index in [2.05, 4.69) is 16.0 Å². The lowest BCUT2D eigenvalue weighted by Crippen LogP contribution is -2.41. The molecule has 0 saturated carbocycles. The van der Waals surface area contributed by atoms with Crippen LogP contribution in [0.3, 0.4) is 0 Å². The minimum absolute atomic E-state index is 0.0453. The summed E-state index contributed by atoms with van der Waals surface area (Å²) in [6, 6.07) is 12.4. The van der Waals surface area contributed by atoms with E-state index >= 15 is 0 Å². The maximum atomic E-state index is 12.2. The molecule has 2 N–H and O–H groups in total. The van der Waals surface area contributed by atoms with E-state index in [4.69, 9.17) is 11.6 Å². The van der Waals surface area contributed by atoms with Crippen molar-refractivity contribution in [3.63, 3.8) is 0 Å². The van der Waals surface area contributed by atoms with E-state index in [0.717, 1.165) is 11.6 Å². The van der Waals surface area contributed by atoms with Crippen molar-refractivity contribution < 1.29 is 14.5 Å². The number of rotatable bonds is 5. The molecule has 9 nitrogen and oxygen atoms in total. The van der Waals surface area contributed by atoms with Crippen LogP contribution in [0.5, 0.6) is 0 Å². The molecule has 28 heavy (non-hydrogen) atoms. The molecular weight excluding hydrogens is 386 g/mol. The van der Waals surface area contributed by atoms with Gasteiger partial charge in [0, 0.05) is 28.9 Å². The summed E-state index contributed by atoms with van der Waals surface area (Å²) in [5.41, 5.74) is 5.36. The highest BCUT2D eigenvalue weighted by atomic mass is 35.5. The van der Waals surface area contributed by atoms with Crippen molar-refractivity contribution in [2.45, 2.75) is 6.54 Å². The standard InChI is InChI=1S/C18H14ClN5O4/c19-16-7-2-1-4-13(16)10-23-11-14(9-20-23)18(26)22-21-17(25)12-5-3-6-15(8-12)24(27)28/h1-9,11H,10H2,(H,21,25)(H,22,26). The van der Waals surface area contributed by atoms with Gasteiger partial charge in [-0.2, -0.15) is 5.10 Å². The number of hydrogen-bond donors (Lipinski definition) is 2. The summed E-state index contributed by atoms with van der Waals surface area (Å²) in [5, 5.41) is 15.5. The third-order valence-corrected chi connectivity index (χ3v) is 4.16. The molecule has 0 saturated heterocycles. The van der Waals surface area contributed by atoms with Crippen LogP contribution in [0.1, 0.15) is 26.3 Å². The first-order valence-electron chi connectivity index (χ1n) is 8.05. The number of carbonyl (C=O) groups is 2. The molecule has 3 aromatic rings. The Kier molecular flexibility index (Phi) is 5.66. The zero-order valence-electron chi connectivity index (χ0n) is 14.3. The fourth-order valence-electron chi connectivity index (χ4n) is 2.39. The van der Waals surface area contributed by atoms with Crippen molar-refractivity contribution in [1.82, 2.24) is 20.6 Å². The Hall–Kier alpha value is -3.72. The molecule has 0 aliphatic rings. The number of halogens is 1. The number of nitro groups is 1. The Labute approximate surface area is 164 Å². The molecule has 0 radical (unpaired) electrons. The first-order chi connectivity index (χ1) is 13.4. The van der Waals surface area contributed by atoms with Gasteiger partial charge in [0.2, 0.25) is 0 Å². The van der Waals surface area contributed by atoms with E-state index in [0.29, 0.717) is 11.6 Å². The predicted octanol–water partition coefficient (Wildman–Crippen LogP) is 2.57. The average Bonchev–Trinajstić information content (AvgIpc) is 3.16. The number of aromatic nitrogens is 2. The number of non-ortho nitro benzene ring substituents is 1. The van der Waals surface area contributed by atoms with Gasteiger partial charge in [-0.25, -0.2) is 0 Å². The van der Waals surface area contributed by atoms with Crippen molar-refractivity contribution in [1.29, 1.82) is 0 Å². The van der Waals surface area contributed by atoms with E-state index in [-0.39, 0.29) is 16.8 Å². The molecule has 1 heterocycles. The van der Waals surface area contributed by atoms with Crippen LogP contribution in [0.4, 0.5) is 5.69 Å². The van der Waals surface area contributed by atoms with Crippen LogP contribution in [0.2, 0.25) is 5.02 Å². The molecule has 142 valence electrons. The van der Waals surface area contributed by atoms with Crippen LogP contribution in [0.25, 0.3) is 0 Å². The van der Waals surface area contributed by atoms with E-state index < -0.39 is 16.7 Å². The third kappa shape index (κ3) is 4.51. The lowest BCUT2D eigenvalue weighted by Gasteiger charge is -2.06. The predicted molar refractivity (Wildman–Crippen MR) is 101 cm³/mol. The van der Waals surface area contributed by atoms with Crippen molar-refractivity contribution in [2.75, 3.05) is 0 Å². The molecule has 0 fully saturated rings. The van der Waals surface area contributed by atoms with Gasteiger partial charge < -0.3 is 0 Å². The lowest BCUT2D eigenvalue weighted by atomic mass is 10.2. The molecule has 1 aromatic heterocycles. The second-order valence-electron chi connectivity index (χ2n) is 5.73. The lowest BCUT2D eigenvalue weighted by molar-refractivity contribution is -0.384. The number of nitrogens with zero attached hydrogens (tertiary/aromatic N) is 3. The van der Waals surface area contributed by atoms with Gasteiger partial charge in [-0.3, -0.25) is 35.2 Å². The quantitative estimate of drug-likeness (QED) is 0.504. The summed E-state index contributed by atoms with van der Waals surface area (Å²) in [4.78, 5) is 34.4. The normalized spacial score (nSPS) is 10.3. The number of hydrogen-bond acceptors (Lipinski definition) is 5. The largest absolute Gasteiger partial charge is 0.272 e. The Morgan fingerprint density at radius 1 is 1.07 bits per heavy atom. The molecule has 2 amide bonds. The summed E-state index contributed by atoms with van der Waals surface area (Å²) in [6.45, 7) is 0.382. The summed E-state index contributed by atoms with van der Waals surface area (Å²) in [7, 11) is 0. The highest BCUT2D eigenvalue weighted by Gasteiger charge is 2.14. The highest BCUT2D eigenvalue weighted by molar-refractivity contribution is 6.31. The van der Waals surface area contributed by atoms with Gasteiger partial charge in [-0.05, 0) is 17.7 Å². The maximum absolute atomic E-state index is 12.2. The number of nitrogens with one attached hydrogen (secondary N) is 2. The number of benzene rings is 2. The SMILES string of the molecule is O=C(NNC(=O)c1cnn(Cc2ccccc2Cl)c1)c1cccc([N+](=O)[O-])c1. The van der Waals surface area contributed by atoms with E-state index in [9.17, 15) is 19.7 Å². The van der Waals surface area contributed by atoms with Gasteiger partial charge in [0.15, 0.2) is 0 Å². The van der Waals surface area contributed by atoms with Crippen molar-refractivity contribution >= 4 is 29.1 Å². The average molecular weight is 400 g/mol. The van der Waals surface area contributed by atoms with Crippen LogP contribution >= 0.6 is 11.6 Å². The molecule has 0 bridgehead atoms. The zero-order valence-corrected chi connectivity index (χ0v) is 15.1. The molecule has 0 aliphatic carbocycles. The molecule has 10 heteroatoms. The zero-order chi connectivity index (χ0) is 20.1. The van der Waals surface area contributed by atoms with Crippen LogP contribution in [0, 0.1) is 10.1 Å². The second kappa shape index (κ2) is 8.31. The Balaban J connectivity index is 1.60. The minimum atomic E-state index is -0.680. The molecule has 0 aliphatic heterocycles. The van der Waals surface area contributed by atoms with Crippen LogP contribution in [0.15, 0.2) is 60.9 Å². The third-order valence-electron chi connectivity index (χ3n) is 3.79. The maximum Gasteiger partial charge on any atom is 0.272 e. The first kappa shape index (κ1) is 19.1. The molecular formula is C18H14ClN5O4. The number of carbonyl (C=O) groups excluding carboxylic acids is 2. The summed E-state index contributed by atoms with van der Waals surface area (Å²) >= 11 is 6.11. The topological polar surface area (TPSA) is 119 Å². The van der Waals surface area contributed by atoms with Crippen molar-refractivity contribution in [3.05, 3.63) is 92.8 Å². The van der Waals surface area contributed by atoms with Gasteiger partial charge in [0.05, 0.1) is 23.2 Å². The molecule has 0 unspecified atom stereocenters. The van der Waals surface area contributed by atoms with Gasteiger partial charge in [-0.1, -0.05) is 35.9 Å². The van der Waals surface area contributed by atoms with Gasteiger partial charge in [0.25, 0.3) is 17.5 Å². The van der Waals surface area contributed by atoms with Crippen molar-refractivity contribution in [2.24, 2.45) is 0 Å². The Morgan fingerprint density at radius 3 is 2.50 bits per heavy atom. The number of nitro benzene ring substituents is 1. The van der Waals surface area contributed by atoms with Crippen LogP contribution in [-0.2, 0) is 6.54 Å². The summed E-state index contributed by atoms with van der Waals surface area (Å²) in [5.74, 6) is -1.26. The fraction of sp³-hybridized carbons (Fsp3) is 0.0556. The molecule has 0 spiro atoms. The second-order valence-corrected chi connectivity index (χ2v) is 6.14. The smallest absolute Gasteiger partial charge is 0.267 e. The minimum Gasteiger partial charge on any atom is -0.267 e.